The number of pyridine rings is 1. The number of hydrogen-bond donors (Lipinski definition) is 1. The molecule has 4 aromatic rings. The molecular formula is C20H17F3N6O2. The van der Waals surface area contributed by atoms with Gasteiger partial charge in [-0.2, -0.15) is 0 Å². The van der Waals surface area contributed by atoms with E-state index in [-0.39, 0.29) is 17.3 Å². The molecule has 0 aliphatic carbocycles. The molecule has 1 aliphatic rings. The lowest BCUT2D eigenvalue weighted by atomic mass is 10.2. The molecule has 1 saturated heterocycles. The normalized spacial score (nSPS) is 16.9. The van der Waals surface area contributed by atoms with Crippen LogP contribution in [0.5, 0.6) is 11.5 Å². The van der Waals surface area contributed by atoms with E-state index in [1.165, 1.54) is 24.7 Å². The largest absolute Gasteiger partial charge is 0.573 e. The molecule has 0 saturated carbocycles. The predicted octanol–water partition coefficient (Wildman–Crippen LogP) is 3.85. The van der Waals surface area contributed by atoms with Crippen LogP contribution in [0.15, 0.2) is 43.1 Å². The average molecular weight is 430 g/mol. The maximum atomic E-state index is 12.7. The lowest BCUT2D eigenvalue weighted by Gasteiger charge is -2.26. The van der Waals surface area contributed by atoms with Crippen molar-refractivity contribution in [2.75, 3.05) is 18.1 Å². The van der Waals surface area contributed by atoms with Crippen molar-refractivity contribution < 1.29 is 22.6 Å². The van der Waals surface area contributed by atoms with Crippen molar-refractivity contribution in [1.82, 2.24) is 24.9 Å². The van der Waals surface area contributed by atoms with Gasteiger partial charge in [-0.3, -0.25) is 4.98 Å². The van der Waals surface area contributed by atoms with E-state index in [2.05, 4.69) is 34.6 Å². The average Bonchev–Trinajstić information content (AvgIpc) is 3.40. The van der Waals surface area contributed by atoms with E-state index in [1.807, 2.05) is 0 Å². The van der Waals surface area contributed by atoms with Crippen molar-refractivity contribution in [3.05, 3.63) is 43.1 Å². The van der Waals surface area contributed by atoms with Gasteiger partial charge in [-0.15, -0.1) is 13.2 Å². The SMILES string of the molecule is FC(F)(F)Oc1cccc2c(OC[C@H]3CCCN3c3ncnc4[nH]cnc34)ccnc12. The molecule has 160 valence electrons. The highest BCUT2D eigenvalue weighted by Gasteiger charge is 2.32. The minimum absolute atomic E-state index is 0.0348. The van der Waals surface area contributed by atoms with Crippen LogP contribution in [0.25, 0.3) is 22.1 Å². The molecule has 8 nitrogen and oxygen atoms in total. The zero-order valence-corrected chi connectivity index (χ0v) is 16.1. The van der Waals surface area contributed by atoms with Gasteiger partial charge in [-0.1, -0.05) is 6.07 Å². The number of fused-ring (bicyclic) bond motifs is 2. The van der Waals surface area contributed by atoms with Crippen molar-refractivity contribution in [2.45, 2.75) is 25.2 Å². The van der Waals surface area contributed by atoms with Crippen LogP contribution in [0.3, 0.4) is 0 Å². The molecule has 5 rings (SSSR count). The topological polar surface area (TPSA) is 89.0 Å². The number of halogens is 3. The van der Waals surface area contributed by atoms with Crippen LogP contribution in [-0.4, -0.2) is 50.5 Å². The number of hydrogen-bond acceptors (Lipinski definition) is 7. The monoisotopic (exact) mass is 430 g/mol. The number of H-pyrrole nitrogens is 1. The Kier molecular flexibility index (Phi) is 4.72. The molecule has 1 atom stereocenters. The van der Waals surface area contributed by atoms with Crippen molar-refractivity contribution in [3.8, 4) is 11.5 Å². The van der Waals surface area contributed by atoms with Crippen LogP contribution in [0.4, 0.5) is 19.0 Å². The Hall–Kier alpha value is -3.63. The zero-order valence-electron chi connectivity index (χ0n) is 16.1. The van der Waals surface area contributed by atoms with E-state index in [0.29, 0.717) is 28.9 Å². The van der Waals surface area contributed by atoms with Crippen LogP contribution >= 0.6 is 0 Å². The first kappa shape index (κ1) is 19.3. The van der Waals surface area contributed by atoms with E-state index in [1.54, 1.807) is 18.5 Å². The van der Waals surface area contributed by atoms with Crippen LogP contribution in [-0.2, 0) is 0 Å². The number of nitrogens with zero attached hydrogens (tertiary/aromatic N) is 5. The van der Waals surface area contributed by atoms with Crippen molar-refractivity contribution in [2.24, 2.45) is 0 Å². The van der Waals surface area contributed by atoms with Gasteiger partial charge in [0.05, 0.1) is 12.4 Å². The lowest BCUT2D eigenvalue weighted by Crippen LogP contribution is -2.35. The molecule has 1 aliphatic heterocycles. The first-order chi connectivity index (χ1) is 15.0. The third-order valence-corrected chi connectivity index (χ3v) is 5.20. The molecule has 3 aromatic heterocycles. The number of aromatic nitrogens is 5. The van der Waals surface area contributed by atoms with E-state index in [9.17, 15) is 13.2 Å². The molecule has 1 fully saturated rings. The Morgan fingerprint density at radius 3 is 2.84 bits per heavy atom. The molecule has 11 heteroatoms. The molecule has 1 N–H and O–H groups in total. The second-order valence-electron chi connectivity index (χ2n) is 7.11. The molecule has 0 spiro atoms. The predicted molar refractivity (Wildman–Crippen MR) is 106 cm³/mol. The van der Waals surface area contributed by atoms with E-state index in [4.69, 9.17) is 4.74 Å². The number of aromatic amines is 1. The fourth-order valence-electron chi connectivity index (χ4n) is 3.89. The number of para-hydroxylation sites is 1. The Bertz CT molecular complexity index is 1230. The second kappa shape index (κ2) is 7.56. The van der Waals surface area contributed by atoms with Gasteiger partial charge in [-0.25, -0.2) is 15.0 Å². The quantitative estimate of drug-likeness (QED) is 0.515. The minimum atomic E-state index is -4.80. The highest BCUT2D eigenvalue weighted by molar-refractivity contribution is 5.89. The van der Waals surface area contributed by atoms with Crippen molar-refractivity contribution >= 4 is 27.9 Å². The highest BCUT2D eigenvalue weighted by Crippen LogP contribution is 2.34. The number of anilines is 1. The first-order valence-electron chi connectivity index (χ1n) is 9.66. The third kappa shape index (κ3) is 3.78. The molecule has 31 heavy (non-hydrogen) atoms. The minimum Gasteiger partial charge on any atom is -0.491 e. The van der Waals surface area contributed by atoms with Gasteiger partial charge in [0.1, 0.15) is 29.7 Å². The second-order valence-corrected chi connectivity index (χ2v) is 7.11. The standard InChI is InChI=1S/C20H17F3N6O2/c21-20(22,23)31-15-5-1-4-13-14(6-7-24-16(13)15)30-9-12-3-2-8-29(12)19-17-18(26-10-25-17)27-11-28-19/h1,4-7,10-12H,2-3,8-9H2,(H,25,26,27,28)/t12-/m1/s1. The van der Waals surface area contributed by atoms with Crippen molar-refractivity contribution in [1.29, 1.82) is 0 Å². The smallest absolute Gasteiger partial charge is 0.491 e. The molecule has 1 aromatic carbocycles. The molecular weight excluding hydrogens is 413 g/mol. The number of benzene rings is 1. The molecule has 4 heterocycles. The zero-order chi connectivity index (χ0) is 21.4. The molecule has 0 bridgehead atoms. The Balaban J connectivity index is 1.39. The van der Waals surface area contributed by atoms with E-state index >= 15 is 0 Å². The molecule has 0 amide bonds. The number of alkyl halides is 3. The summed E-state index contributed by atoms with van der Waals surface area (Å²) in [6.45, 7) is 1.13. The van der Waals surface area contributed by atoms with Gasteiger partial charge >= 0.3 is 6.36 Å². The molecule has 0 radical (unpaired) electrons. The van der Waals surface area contributed by atoms with Crippen LogP contribution < -0.4 is 14.4 Å². The summed E-state index contributed by atoms with van der Waals surface area (Å²) in [4.78, 5) is 22.1. The lowest BCUT2D eigenvalue weighted by molar-refractivity contribution is -0.274. The Labute approximate surface area is 174 Å². The number of ether oxygens (including phenoxy) is 2. The van der Waals surface area contributed by atoms with Crippen LogP contribution in [0.2, 0.25) is 0 Å². The summed E-state index contributed by atoms with van der Waals surface area (Å²) in [7, 11) is 0. The maximum absolute atomic E-state index is 12.7. The van der Waals surface area contributed by atoms with Gasteiger partial charge in [-0.05, 0) is 31.0 Å². The highest BCUT2D eigenvalue weighted by atomic mass is 19.4. The summed E-state index contributed by atoms with van der Waals surface area (Å²) in [5.41, 5.74) is 1.45. The van der Waals surface area contributed by atoms with E-state index in [0.717, 1.165) is 25.2 Å². The third-order valence-electron chi connectivity index (χ3n) is 5.20. The van der Waals surface area contributed by atoms with Crippen LogP contribution in [0.1, 0.15) is 12.8 Å². The van der Waals surface area contributed by atoms with Gasteiger partial charge in [0.25, 0.3) is 0 Å². The van der Waals surface area contributed by atoms with Gasteiger partial charge in [0.15, 0.2) is 17.2 Å². The van der Waals surface area contributed by atoms with Gasteiger partial charge in [0, 0.05) is 18.1 Å². The summed E-state index contributed by atoms with van der Waals surface area (Å²) in [6.07, 6.45) is 1.53. The summed E-state index contributed by atoms with van der Waals surface area (Å²) < 4.78 is 48.3. The first-order valence-corrected chi connectivity index (χ1v) is 9.66. The van der Waals surface area contributed by atoms with Gasteiger partial charge in [0.2, 0.25) is 0 Å². The Morgan fingerprint density at radius 1 is 1.06 bits per heavy atom. The summed E-state index contributed by atoms with van der Waals surface area (Å²) in [6, 6.07) is 6.04. The summed E-state index contributed by atoms with van der Waals surface area (Å²) in [5, 5.41) is 0.450. The van der Waals surface area contributed by atoms with E-state index < -0.39 is 6.36 Å². The summed E-state index contributed by atoms with van der Waals surface area (Å²) >= 11 is 0. The maximum Gasteiger partial charge on any atom is 0.573 e. The number of imidazole rings is 1. The van der Waals surface area contributed by atoms with Crippen molar-refractivity contribution in [3.63, 3.8) is 0 Å². The fraction of sp³-hybridized carbons (Fsp3) is 0.300. The van der Waals surface area contributed by atoms with Gasteiger partial charge < -0.3 is 19.4 Å². The summed E-state index contributed by atoms with van der Waals surface area (Å²) in [5.74, 6) is 0.815. The van der Waals surface area contributed by atoms with Crippen LogP contribution in [0, 0.1) is 0 Å². The number of nitrogens with one attached hydrogen (secondary N) is 1. The molecule has 0 unspecified atom stereocenters. The number of rotatable bonds is 5. The fourth-order valence-corrected chi connectivity index (χ4v) is 3.89. The Morgan fingerprint density at radius 2 is 1.97 bits per heavy atom.